The molecule has 1 aliphatic rings. The minimum Gasteiger partial charge on any atom is -0.384 e. The van der Waals surface area contributed by atoms with E-state index in [1.165, 1.54) is 5.56 Å². The Bertz CT molecular complexity index is 900. The second-order valence-corrected chi connectivity index (χ2v) is 9.12. The van der Waals surface area contributed by atoms with Crippen molar-refractivity contribution in [3.8, 4) is 0 Å². The molecule has 0 bridgehead atoms. The third kappa shape index (κ3) is 4.79. The van der Waals surface area contributed by atoms with Crippen molar-refractivity contribution in [2.45, 2.75) is 31.2 Å². The van der Waals surface area contributed by atoms with Gasteiger partial charge in [-0.3, -0.25) is 10.3 Å². The van der Waals surface area contributed by atoms with Gasteiger partial charge in [-0.05, 0) is 29.7 Å². The fourth-order valence-electron chi connectivity index (χ4n) is 3.44. The lowest BCUT2D eigenvalue weighted by Crippen LogP contribution is -2.48. The van der Waals surface area contributed by atoms with E-state index in [1.54, 1.807) is 16.4 Å². The molecule has 6 nitrogen and oxygen atoms in total. The number of rotatable bonds is 7. The normalized spacial score (nSPS) is 16.2. The minimum atomic E-state index is -3.44. The van der Waals surface area contributed by atoms with Crippen molar-refractivity contribution < 1.29 is 8.42 Å². The van der Waals surface area contributed by atoms with Crippen LogP contribution in [0.25, 0.3) is 0 Å². The average molecular weight is 401 g/mol. The third-order valence-corrected chi connectivity index (χ3v) is 7.02. The van der Waals surface area contributed by atoms with Crippen LogP contribution < -0.4 is 5.73 Å². The molecule has 0 atom stereocenters. The van der Waals surface area contributed by atoms with E-state index in [2.05, 4.69) is 11.8 Å². The van der Waals surface area contributed by atoms with Crippen LogP contribution in [0, 0.1) is 5.41 Å². The molecule has 1 aliphatic heterocycles. The molecule has 28 heavy (non-hydrogen) atoms. The maximum absolute atomic E-state index is 12.9. The first kappa shape index (κ1) is 20.5. The number of sulfonamides is 1. The molecule has 3 rings (SSSR count). The summed E-state index contributed by atoms with van der Waals surface area (Å²) in [7, 11) is -3.44. The van der Waals surface area contributed by atoms with Crippen LogP contribution in [0.4, 0.5) is 0 Å². The predicted octanol–water partition coefficient (Wildman–Crippen LogP) is 2.43. The number of nitrogen functional groups attached to an aromatic ring is 1. The van der Waals surface area contributed by atoms with E-state index in [-0.39, 0.29) is 5.84 Å². The van der Waals surface area contributed by atoms with Crippen LogP contribution >= 0.6 is 0 Å². The van der Waals surface area contributed by atoms with Crippen molar-refractivity contribution in [3.05, 3.63) is 65.2 Å². The number of piperazine rings is 1. The Morgan fingerprint density at radius 1 is 0.964 bits per heavy atom. The summed E-state index contributed by atoms with van der Waals surface area (Å²) in [5, 5.41) is 7.45. The molecule has 0 unspecified atom stereocenters. The smallest absolute Gasteiger partial charge is 0.243 e. The van der Waals surface area contributed by atoms with Crippen LogP contribution in [0.1, 0.15) is 30.0 Å². The number of benzene rings is 2. The summed E-state index contributed by atoms with van der Waals surface area (Å²) >= 11 is 0. The predicted molar refractivity (Wildman–Crippen MR) is 112 cm³/mol. The number of amidine groups is 1. The van der Waals surface area contributed by atoms with Crippen molar-refractivity contribution >= 4 is 15.9 Å². The molecular weight excluding hydrogens is 372 g/mol. The molecule has 0 radical (unpaired) electrons. The number of hydrogen-bond donors (Lipinski definition) is 2. The van der Waals surface area contributed by atoms with E-state index < -0.39 is 10.0 Å². The van der Waals surface area contributed by atoms with Gasteiger partial charge in [0.25, 0.3) is 0 Å². The monoisotopic (exact) mass is 400 g/mol. The van der Waals surface area contributed by atoms with Gasteiger partial charge in [-0.1, -0.05) is 49.7 Å². The van der Waals surface area contributed by atoms with Crippen molar-refractivity contribution in [3.63, 3.8) is 0 Å². The molecule has 2 aromatic rings. The molecule has 1 saturated heterocycles. The highest BCUT2D eigenvalue weighted by atomic mass is 32.2. The molecule has 7 heteroatoms. The van der Waals surface area contributed by atoms with Crippen LogP contribution in [0.3, 0.4) is 0 Å². The molecule has 0 saturated carbocycles. The topological polar surface area (TPSA) is 90.5 Å². The fraction of sp³-hybridized carbons (Fsp3) is 0.381. The van der Waals surface area contributed by atoms with Crippen LogP contribution in [0.2, 0.25) is 0 Å². The SMILES string of the molecule is CCCc1ccc(S(=O)(=O)N2CCN(Cc3ccc(C(=N)N)cc3)CC2)cc1. The minimum absolute atomic E-state index is 0.0631. The average Bonchev–Trinajstić information content (AvgIpc) is 2.69. The van der Waals surface area contributed by atoms with Crippen molar-refractivity contribution in [2.75, 3.05) is 26.2 Å². The number of aryl methyl sites for hydroxylation is 1. The molecule has 0 spiro atoms. The van der Waals surface area contributed by atoms with E-state index in [4.69, 9.17) is 11.1 Å². The zero-order valence-corrected chi connectivity index (χ0v) is 17.1. The molecule has 150 valence electrons. The van der Waals surface area contributed by atoms with E-state index in [0.29, 0.717) is 36.6 Å². The van der Waals surface area contributed by atoms with E-state index >= 15 is 0 Å². The van der Waals surface area contributed by atoms with Crippen molar-refractivity contribution in [2.24, 2.45) is 5.73 Å². The first-order chi connectivity index (χ1) is 13.4. The summed E-state index contributed by atoms with van der Waals surface area (Å²) < 4.78 is 27.4. The number of nitrogens with one attached hydrogen (secondary N) is 1. The molecular formula is C21H28N4O2S. The largest absolute Gasteiger partial charge is 0.384 e. The van der Waals surface area contributed by atoms with Crippen LogP contribution in [-0.4, -0.2) is 49.6 Å². The van der Waals surface area contributed by atoms with Crippen LogP contribution in [0.5, 0.6) is 0 Å². The lowest BCUT2D eigenvalue weighted by molar-refractivity contribution is 0.181. The van der Waals surface area contributed by atoms with E-state index in [1.807, 2.05) is 36.4 Å². The third-order valence-electron chi connectivity index (χ3n) is 5.10. The van der Waals surface area contributed by atoms with Crippen LogP contribution in [-0.2, 0) is 23.0 Å². The van der Waals surface area contributed by atoms with E-state index in [0.717, 1.165) is 24.9 Å². The zero-order valence-electron chi connectivity index (χ0n) is 16.3. The molecule has 1 fully saturated rings. The molecule has 3 N–H and O–H groups in total. The lowest BCUT2D eigenvalue weighted by atomic mass is 10.1. The first-order valence-electron chi connectivity index (χ1n) is 9.65. The summed E-state index contributed by atoms with van der Waals surface area (Å²) in [6.07, 6.45) is 2.01. The molecule has 0 amide bonds. The van der Waals surface area contributed by atoms with Gasteiger partial charge >= 0.3 is 0 Å². The van der Waals surface area contributed by atoms with Gasteiger partial charge in [-0.25, -0.2) is 8.42 Å². The maximum atomic E-state index is 12.9. The zero-order chi connectivity index (χ0) is 20.1. The van der Waals surface area contributed by atoms with Crippen molar-refractivity contribution in [1.82, 2.24) is 9.21 Å². The highest BCUT2D eigenvalue weighted by Gasteiger charge is 2.28. The first-order valence-corrected chi connectivity index (χ1v) is 11.1. The summed E-state index contributed by atoms with van der Waals surface area (Å²) in [4.78, 5) is 2.62. The van der Waals surface area contributed by atoms with Gasteiger partial charge < -0.3 is 5.73 Å². The Balaban J connectivity index is 1.58. The van der Waals surface area contributed by atoms with Gasteiger partial charge in [0.15, 0.2) is 0 Å². The van der Waals surface area contributed by atoms with Gasteiger partial charge in [0.05, 0.1) is 4.90 Å². The Morgan fingerprint density at radius 2 is 1.54 bits per heavy atom. The lowest BCUT2D eigenvalue weighted by Gasteiger charge is -2.34. The summed E-state index contributed by atoms with van der Waals surface area (Å²) in [5.41, 5.74) is 8.50. The van der Waals surface area contributed by atoms with Gasteiger partial charge in [-0.15, -0.1) is 0 Å². The Hall–Kier alpha value is -2.22. The molecule has 2 aromatic carbocycles. The second kappa shape index (κ2) is 8.86. The van der Waals surface area contributed by atoms with Crippen molar-refractivity contribution in [1.29, 1.82) is 5.41 Å². The fourth-order valence-corrected chi connectivity index (χ4v) is 4.86. The highest BCUT2D eigenvalue weighted by molar-refractivity contribution is 7.89. The van der Waals surface area contributed by atoms with Gasteiger partial charge in [0.2, 0.25) is 10.0 Å². The summed E-state index contributed by atoms with van der Waals surface area (Å²) in [5.74, 6) is 0.0631. The second-order valence-electron chi connectivity index (χ2n) is 7.18. The maximum Gasteiger partial charge on any atom is 0.243 e. The Morgan fingerprint density at radius 3 is 2.07 bits per heavy atom. The molecule has 1 heterocycles. The Labute approximate surface area is 167 Å². The van der Waals surface area contributed by atoms with Gasteiger partial charge in [0, 0.05) is 38.3 Å². The van der Waals surface area contributed by atoms with Gasteiger partial charge in [0.1, 0.15) is 5.84 Å². The highest BCUT2D eigenvalue weighted by Crippen LogP contribution is 2.19. The van der Waals surface area contributed by atoms with Crippen LogP contribution in [0.15, 0.2) is 53.4 Å². The van der Waals surface area contributed by atoms with Gasteiger partial charge in [-0.2, -0.15) is 4.31 Å². The molecule has 0 aliphatic carbocycles. The summed E-state index contributed by atoms with van der Waals surface area (Å²) in [6.45, 7) is 5.25. The number of hydrogen-bond acceptors (Lipinski definition) is 4. The quantitative estimate of drug-likeness (QED) is 0.552. The van der Waals surface area contributed by atoms with E-state index in [9.17, 15) is 8.42 Å². The Kier molecular flexibility index (Phi) is 6.49. The summed E-state index contributed by atoms with van der Waals surface area (Å²) in [6, 6.07) is 14.9. The standard InChI is InChI=1S/C21H28N4O2S/c1-2-3-17-6-10-20(11-7-17)28(26,27)25-14-12-24(13-15-25)16-18-4-8-19(9-5-18)21(22)23/h4-11H,2-3,12-16H2,1H3,(H3,22,23). The number of nitrogens with two attached hydrogens (primary N) is 1. The molecule has 0 aromatic heterocycles. The number of nitrogens with zero attached hydrogens (tertiary/aromatic N) is 2.